The second-order valence-corrected chi connectivity index (χ2v) is 8.92. The Kier molecular flexibility index (Phi) is 7.73. The normalized spacial score (nSPS) is 19.2. The van der Waals surface area contributed by atoms with Crippen LogP contribution in [0.2, 0.25) is 0 Å². The van der Waals surface area contributed by atoms with Gasteiger partial charge in [0, 0.05) is 31.4 Å². The van der Waals surface area contributed by atoms with Gasteiger partial charge in [-0.25, -0.2) is 0 Å². The molecular formula is C26H34N2O5. The number of hydrogen-bond acceptors (Lipinski definition) is 6. The molecule has 33 heavy (non-hydrogen) atoms. The van der Waals surface area contributed by atoms with Crippen molar-refractivity contribution < 1.29 is 24.5 Å². The van der Waals surface area contributed by atoms with Crippen LogP contribution in [-0.4, -0.2) is 66.2 Å². The zero-order valence-electron chi connectivity index (χ0n) is 19.2. The molecule has 4 rings (SSSR count). The van der Waals surface area contributed by atoms with Crippen LogP contribution in [0.15, 0.2) is 48.5 Å². The van der Waals surface area contributed by atoms with E-state index >= 15 is 0 Å². The molecule has 2 aliphatic rings. The quantitative estimate of drug-likeness (QED) is 0.597. The second-order valence-electron chi connectivity index (χ2n) is 8.92. The van der Waals surface area contributed by atoms with Crippen LogP contribution in [-0.2, 0) is 11.2 Å². The monoisotopic (exact) mass is 454 g/mol. The molecule has 0 bridgehead atoms. The molecule has 1 unspecified atom stereocenters. The highest BCUT2D eigenvalue weighted by Crippen LogP contribution is 2.35. The lowest BCUT2D eigenvalue weighted by Crippen LogP contribution is -2.56. The summed E-state index contributed by atoms with van der Waals surface area (Å²) >= 11 is 0. The van der Waals surface area contributed by atoms with Crippen LogP contribution in [0.1, 0.15) is 37.7 Å². The van der Waals surface area contributed by atoms with Crippen LogP contribution in [0.25, 0.3) is 0 Å². The molecule has 0 aromatic heterocycles. The van der Waals surface area contributed by atoms with E-state index in [0.29, 0.717) is 26.1 Å². The van der Waals surface area contributed by atoms with E-state index in [1.54, 1.807) is 12.0 Å². The van der Waals surface area contributed by atoms with Crippen molar-refractivity contribution in [2.24, 2.45) is 0 Å². The number of benzene rings is 2. The first kappa shape index (κ1) is 23.4. The molecule has 7 heteroatoms. The number of nitrogens with zero attached hydrogens (tertiary/aromatic N) is 2. The summed E-state index contributed by atoms with van der Waals surface area (Å²) in [4.78, 5) is 16.8. The second kappa shape index (κ2) is 10.9. The van der Waals surface area contributed by atoms with Gasteiger partial charge in [0.15, 0.2) is 17.8 Å². The summed E-state index contributed by atoms with van der Waals surface area (Å²) in [7, 11) is 1.66. The third-order valence-corrected chi connectivity index (χ3v) is 6.58. The minimum Gasteiger partial charge on any atom is -0.493 e. The Bertz CT molecular complexity index is 914. The lowest BCUT2D eigenvalue weighted by atomic mass is 10.0. The maximum Gasteiger partial charge on any atom is 0.228 e. The number of aliphatic hydroxyl groups is 2. The molecule has 0 radical (unpaired) electrons. The Morgan fingerprint density at radius 3 is 2.52 bits per heavy atom. The van der Waals surface area contributed by atoms with Gasteiger partial charge in [0.2, 0.25) is 5.91 Å². The van der Waals surface area contributed by atoms with Gasteiger partial charge < -0.3 is 29.5 Å². The van der Waals surface area contributed by atoms with E-state index in [2.05, 4.69) is 17.0 Å². The molecule has 1 atom stereocenters. The smallest absolute Gasteiger partial charge is 0.228 e. The van der Waals surface area contributed by atoms with Crippen molar-refractivity contribution in [3.8, 4) is 11.5 Å². The van der Waals surface area contributed by atoms with E-state index in [0.717, 1.165) is 35.6 Å². The highest BCUT2D eigenvalue weighted by Gasteiger charge is 2.32. The molecule has 178 valence electrons. The first-order valence-electron chi connectivity index (χ1n) is 11.8. The van der Waals surface area contributed by atoms with E-state index < -0.39 is 6.29 Å². The number of amides is 1. The summed E-state index contributed by atoms with van der Waals surface area (Å²) in [6, 6.07) is 16.0. The Morgan fingerprint density at radius 2 is 1.82 bits per heavy atom. The fourth-order valence-electron chi connectivity index (χ4n) is 4.89. The number of aliphatic hydroxyl groups excluding tert-OH is 1. The molecule has 7 nitrogen and oxygen atoms in total. The highest BCUT2D eigenvalue weighted by molar-refractivity contribution is 5.77. The minimum absolute atomic E-state index is 0.0753. The molecule has 0 spiro atoms. The fraction of sp³-hybridized carbons (Fsp3) is 0.500. The van der Waals surface area contributed by atoms with Gasteiger partial charge >= 0.3 is 0 Å². The van der Waals surface area contributed by atoms with Gasteiger partial charge in [-0.2, -0.15) is 0 Å². The lowest BCUT2D eigenvalue weighted by molar-refractivity contribution is -0.142. The van der Waals surface area contributed by atoms with Crippen LogP contribution in [0.4, 0.5) is 5.69 Å². The molecule has 2 fully saturated rings. The van der Waals surface area contributed by atoms with Crippen LogP contribution < -0.4 is 14.4 Å². The van der Waals surface area contributed by atoms with Crippen molar-refractivity contribution in [2.75, 3.05) is 31.6 Å². The predicted octanol–water partition coefficient (Wildman–Crippen LogP) is 2.98. The average Bonchev–Trinajstić information content (AvgIpc) is 3.32. The third-order valence-electron chi connectivity index (χ3n) is 6.58. The van der Waals surface area contributed by atoms with E-state index in [1.165, 1.54) is 12.8 Å². The van der Waals surface area contributed by atoms with Gasteiger partial charge in [-0.3, -0.25) is 4.79 Å². The zero-order valence-corrected chi connectivity index (χ0v) is 19.2. The van der Waals surface area contributed by atoms with Gasteiger partial charge in [0.1, 0.15) is 0 Å². The minimum atomic E-state index is -1.63. The molecular weight excluding hydrogens is 420 g/mol. The first-order valence-corrected chi connectivity index (χ1v) is 11.8. The summed E-state index contributed by atoms with van der Waals surface area (Å²) in [6.07, 6.45) is 3.57. The lowest BCUT2D eigenvalue weighted by Gasteiger charge is -2.43. The Hall–Kier alpha value is -2.77. The molecule has 2 aromatic carbocycles. The number of carbonyl (C=O) groups excluding carboxylic acids is 1. The first-order chi connectivity index (χ1) is 16.0. The van der Waals surface area contributed by atoms with Crippen molar-refractivity contribution in [3.05, 3.63) is 54.1 Å². The van der Waals surface area contributed by atoms with Crippen molar-refractivity contribution in [1.82, 2.24) is 4.90 Å². The maximum atomic E-state index is 12.7. The Balaban J connectivity index is 1.54. The molecule has 2 aromatic rings. The van der Waals surface area contributed by atoms with E-state index in [1.807, 2.05) is 36.4 Å². The number of carbonyl (C=O) groups is 1. The maximum absolute atomic E-state index is 12.7. The predicted molar refractivity (Wildman–Crippen MR) is 127 cm³/mol. The number of anilines is 1. The van der Waals surface area contributed by atoms with Gasteiger partial charge in [0.25, 0.3) is 0 Å². The molecule has 1 saturated heterocycles. The Morgan fingerprint density at radius 1 is 1.06 bits per heavy atom. The fourth-order valence-corrected chi connectivity index (χ4v) is 4.89. The summed E-state index contributed by atoms with van der Waals surface area (Å²) in [5.41, 5.74) is 2.18. The number of hydrogen-bond donors (Lipinski definition) is 2. The van der Waals surface area contributed by atoms with Crippen LogP contribution in [0.3, 0.4) is 0 Å². The average molecular weight is 455 g/mol. The van der Waals surface area contributed by atoms with Crippen molar-refractivity contribution >= 4 is 11.6 Å². The zero-order chi connectivity index (χ0) is 23.2. The largest absolute Gasteiger partial charge is 0.493 e. The summed E-state index contributed by atoms with van der Waals surface area (Å²) in [6.45, 7) is 1.83. The standard InChI is InChI=1S/C26H34N2O5/c1-32-23-12-11-20(16-24(23)33-22-9-5-6-10-22)27-13-14-28(25(29)17-26(30)31)21(18-27)15-19-7-3-2-4-8-19/h2-4,7-8,11-12,16,21-22,26,30-31H,5-6,9-10,13-15,17-18H2,1H3. The SMILES string of the molecule is COc1ccc(N2CCN(C(=O)CC(O)O)C(Cc3ccccc3)C2)cc1OC1CCCC1. The number of rotatable bonds is 8. The van der Waals surface area contributed by atoms with Crippen molar-refractivity contribution in [1.29, 1.82) is 0 Å². The van der Waals surface area contributed by atoms with Crippen LogP contribution >= 0.6 is 0 Å². The Labute approximate surface area is 195 Å². The van der Waals surface area contributed by atoms with Crippen LogP contribution in [0.5, 0.6) is 11.5 Å². The summed E-state index contributed by atoms with van der Waals surface area (Å²) < 4.78 is 11.8. The van der Waals surface area contributed by atoms with E-state index in [4.69, 9.17) is 9.47 Å². The van der Waals surface area contributed by atoms with Crippen molar-refractivity contribution in [2.45, 2.75) is 57.0 Å². The van der Waals surface area contributed by atoms with Gasteiger partial charge in [-0.05, 0) is 49.8 Å². The topological polar surface area (TPSA) is 82.5 Å². The molecule has 1 saturated carbocycles. The molecule has 1 amide bonds. The van der Waals surface area contributed by atoms with E-state index in [-0.39, 0.29) is 24.5 Å². The molecule has 1 aliphatic carbocycles. The molecule has 1 heterocycles. The van der Waals surface area contributed by atoms with Gasteiger partial charge in [-0.15, -0.1) is 0 Å². The number of piperazine rings is 1. The number of methoxy groups -OCH3 is 1. The van der Waals surface area contributed by atoms with Crippen molar-refractivity contribution in [3.63, 3.8) is 0 Å². The van der Waals surface area contributed by atoms with Crippen LogP contribution in [0, 0.1) is 0 Å². The van der Waals surface area contributed by atoms with Gasteiger partial charge in [0.05, 0.1) is 25.7 Å². The molecule has 2 N–H and O–H groups in total. The summed E-state index contributed by atoms with van der Waals surface area (Å²) in [5.74, 6) is 1.27. The van der Waals surface area contributed by atoms with E-state index in [9.17, 15) is 15.0 Å². The third kappa shape index (κ3) is 5.97. The van der Waals surface area contributed by atoms with Gasteiger partial charge in [-0.1, -0.05) is 30.3 Å². The number of ether oxygens (including phenoxy) is 2. The highest BCUT2D eigenvalue weighted by atomic mass is 16.5. The summed E-state index contributed by atoms with van der Waals surface area (Å²) in [5, 5.41) is 18.7. The molecule has 1 aliphatic heterocycles.